The van der Waals surface area contributed by atoms with Crippen LogP contribution in [-0.4, -0.2) is 72.3 Å². The molecule has 2 N–H and O–H groups in total. The number of hydrogen-bond donors (Lipinski definition) is 2. The maximum absolute atomic E-state index is 13.5. The molecular weight excluding hydrogens is 386 g/mol. The molecule has 2 aromatic heterocycles. The van der Waals surface area contributed by atoms with Gasteiger partial charge in [0.1, 0.15) is 17.8 Å². The summed E-state index contributed by atoms with van der Waals surface area (Å²) in [7, 11) is 1.53. The van der Waals surface area contributed by atoms with E-state index in [9.17, 15) is 14.7 Å². The number of likely N-dealkylation sites (N-methyl/N-ethyl adjacent to an activating group) is 1. The largest absolute Gasteiger partial charge is 0.391 e. The van der Waals surface area contributed by atoms with E-state index in [2.05, 4.69) is 20.7 Å². The van der Waals surface area contributed by atoms with Gasteiger partial charge >= 0.3 is 0 Å². The third-order valence-electron chi connectivity index (χ3n) is 5.37. The van der Waals surface area contributed by atoms with Gasteiger partial charge in [-0.1, -0.05) is 26.0 Å². The van der Waals surface area contributed by atoms with E-state index in [0.29, 0.717) is 5.69 Å². The summed E-state index contributed by atoms with van der Waals surface area (Å²) in [5.74, 6) is -0.546. The summed E-state index contributed by atoms with van der Waals surface area (Å²) in [5.41, 5.74) is 0.938. The molecule has 30 heavy (non-hydrogen) atoms. The molecule has 2 aromatic rings. The summed E-state index contributed by atoms with van der Waals surface area (Å²) in [4.78, 5) is 27.3. The Morgan fingerprint density at radius 1 is 1.23 bits per heavy atom. The molecular formula is C20H31N7O3. The van der Waals surface area contributed by atoms with Crippen LogP contribution in [0.2, 0.25) is 0 Å². The number of rotatable bonds is 5. The van der Waals surface area contributed by atoms with Crippen molar-refractivity contribution < 1.29 is 14.7 Å². The Kier molecular flexibility index (Phi) is 5.98. The molecule has 3 atom stereocenters. The molecule has 0 aliphatic carbocycles. The number of amides is 2. The van der Waals surface area contributed by atoms with E-state index >= 15 is 0 Å². The van der Waals surface area contributed by atoms with Crippen LogP contribution >= 0.6 is 0 Å². The van der Waals surface area contributed by atoms with Gasteiger partial charge in [-0.25, -0.2) is 4.68 Å². The smallest absolute Gasteiger partial charge is 0.248 e. The lowest BCUT2D eigenvalue weighted by atomic mass is 9.85. The first-order valence-electron chi connectivity index (χ1n) is 10.2. The molecule has 0 spiro atoms. The van der Waals surface area contributed by atoms with Gasteiger partial charge in [0, 0.05) is 37.8 Å². The average molecular weight is 418 g/mol. The van der Waals surface area contributed by atoms with Gasteiger partial charge in [-0.2, -0.15) is 5.10 Å². The van der Waals surface area contributed by atoms with Crippen LogP contribution < -0.4 is 5.32 Å². The third kappa shape index (κ3) is 4.23. The van der Waals surface area contributed by atoms with E-state index in [0.717, 1.165) is 5.56 Å². The molecule has 0 aromatic carbocycles. The molecule has 10 nitrogen and oxygen atoms in total. The number of nitrogens with one attached hydrogen (secondary N) is 1. The van der Waals surface area contributed by atoms with Crippen molar-refractivity contribution >= 4 is 11.8 Å². The maximum atomic E-state index is 13.5. The Bertz CT molecular complexity index is 912. The van der Waals surface area contributed by atoms with Gasteiger partial charge in [0.15, 0.2) is 0 Å². The average Bonchev–Trinajstić information content (AvgIpc) is 3.38. The summed E-state index contributed by atoms with van der Waals surface area (Å²) >= 11 is 0. The van der Waals surface area contributed by atoms with E-state index in [1.54, 1.807) is 17.1 Å². The highest BCUT2D eigenvalue weighted by Gasteiger charge is 2.45. The van der Waals surface area contributed by atoms with E-state index in [-0.39, 0.29) is 30.8 Å². The van der Waals surface area contributed by atoms with Crippen LogP contribution in [0.25, 0.3) is 11.3 Å². The molecule has 0 radical (unpaired) electrons. The standard InChI is InChI=1S/C20H31N7O3/c1-12(2)26-9-13(8-22-26)15-11-27(24-23-15)17(20(3,4)5)19(30)25-10-14(28)7-16(25)18(29)21-6/h8-9,11-12,14,16-17,28H,7,10H2,1-6H3,(H,21,29)/t14?,16?,17-/m1/s1. The first-order chi connectivity index (χ1) is 14.0. The molecule has 0 bridgehead atoms. The Labute approximate surface area is 176 Å². The minimum Gasteiger partial charge on any atom is -0.391 e. The van der Waals surface area contributed by atoms with Crippen molar-refractivity contribution in [3.63, 3.8) is 0 Å². The number of aromatic nitrogens is 5. The zero-order valence-electron chi connectivity index (χ0n) is 18.4. The van der Waals surface area contributed by atoms with Crippen molar-refractivity contribution in [3.8, 4) is 11.3 Å². The van der Waals surface area contributed by atoms with Crippen molar-refractivity contribution in [2.45, 2.75) is 65.3 Å². The highest BCUT2D eigenvalue weighted by Crippen LogP contribution is 2.35. The molecule has 10 heteroatoms. The highest BCUT2D eigenvalue weighted by molar-refractivity contribution is 5.90. The van der Waals surface area contributed by atoms with Gasteiger partial charge in [0.25, 0.3) is 0 Å². The predicted octanol–water partition coefficient (Wildman–Crippen LogP) is 1.02. The second-order valence-electron chi connectivity index (χ2n) is 9.17. The summed E-state index contributed by atoms with van der Waals surface area (Å²) in [5, 5.41) is 25.5. The molecule has 2 amide bonds. The Morgan fingerprint density at radius 3 is 2.50 bits per heavy atom. The van der Waals surface area contributed by atoms with Gasteiger partial charge in [-0.15, -0.1) is 5.10 Å². The van der Waals surface area contributed by atoms with Crippen LogP contribution in [-0.2, 0) is 9.59 Å². The molecule has 0 saturated carbocycles. The molecule has 1 saturated heterocycles. The molecule has 1 fully saturated rings. The summed E-state index contributed by atoms with van der Waals surface area (Å²) in [6, 6.07) is -1.16. The van der Waals surface area contributed by atoms with Gasteiger partial charge in [-0.05, 0) is 19.3 Å². The summed E-state index contributed by atoms with van der Waals surface area (Å²) in [6.07, 6.45) is 4.84. The summed E-state index contributed by atoms with van der Waals surface area (Å²) in [6.45, 7) is 10.0. The molecule has 164 valence electrons. The second-order valence-corrected chi connectivity index (χ2v) is 9.17. The number of β-amino-alcohol motifs (C(OH)–C–C–N with tert-alkyl or cyclic N) is 1. The number of aliphatic hydroxyl groups excluding tert-OH is 1. The Balaban J connectivity index is 1.92. The van der Waals surface area contributed by atoms with Crippen LogP contribution in [0.4, 0.5) is 0 Å². The van der Waals surface area contributed by atoms with Crippen LogP contribution in [0.5, 0.6) is 0 Å². The van der Waals surface area contributed by atoms with Crippen molar-refractivity contribution in [1.29, 1.82) is 0 Å². The predicted molar refractivity (Wildman–Crippen MR) is 110 cm³/mol. The third-order valence-corrected chi connectivity index (χ3v) is 5.37. The van der Waals surface area contributed by atoms with Crippen LogP contribution in [0.15, 0.2) is 18.6 Å². The first kappa shape index (κ1) is 21.9. The molecule has 1 aliphatic rings. The summed E-state index contributed by atoms with van der Waals surface area (Å²) < 4.78 is 3.39. The maximum Gasteiger partial charge on any atom is 0.248 e. The molecule has 3 rings (SSSR count). The van der Waals surface area contributed by atoms with Crippen molar-refractivity contribution in [2.24, 2.45) is 5.41 Å². The lowest BCUT2D eigenvalue weighted by Crippen LogP contribution is -2.49. The number of carbonyl (C=O) groups is 2. The molecule has 2 unspecified atom stereocenters. The van der Waals surface area contributed by atoms with E-state index in [1.807, 2.05) is 45.5 Å². The van der Waals surface area contributed by atoms with Gasteiger partial charge in [0.05, 0.1) is 18.5 Å². The number of carbonyl (C=O) groups excluding carboxylic acids is 2. The minimum atomic E-state index is -0.731. The van der Waals surface area contributed by atoms with Crippen LogP contribution in [0, 0.1) is 5.41 Å². The van der Waals surface area contributed by atoms with E-state index in [1.165, 1.54) is 11.9 Å². The lowest BCUT2D eigenvalue weighted by molar-refractivity contribution is -0.144. The Morgan fingerprint density at radius 2 is 1.93 bits per heavy atom. The Hall–Kier alpha value is -2.75. The van der Waals surface area contributed by atoms with Crippen LogP contribution in [0.3, 0.4) is 0 Å². The van der Waals surface area contributed by atoms with Gasteiger partial charge < -0.3 is 15.3 Å². The van der Waals surface area contributed by atoms with E-state index in [4.69, 9.17) is 0 Å². The quantitative estimate of drug-likeness (QED) is 0.750. The van der Waals surface area contributed by atoms with Crippen LogP contribution in [0.1, 0.15) is 53.1 Å². The number of nitrogens with zero attached hydrogens (tertiary/aromatic N) is 6. The van der Waals surface area contributed by atoms with Crippen molar-refractivity contribution in [2.75, 3.05) is 13.6 Å². The molecule has 3 heterocycles. The zero-order chi connectivity index (χ0) is 22.2. The molecule has 1 aliphatic heterocycles. The lowest BCUT2D eigenvalue weighted by Gasteiger charge is -2.34. The first-order valence-corrected chi connectivity index (χ1v) is 10.2. The fourth-order valence-electron chi connectivity index (χ4n) is 3.80. The minimum absolute atomic E-state index is 0.117. The van der Waals surface area contributed by atoms with Crippen molar-refractivity contribution in [1.82, 2.24) is 35.0 Å². The zero-order valence-corrected chi connectivity index (χ0v) is 18.4. The van der Waals surface area contributed by atoms with Gasteiger partial charge in [-0.3, -0.25) is 14.3 Å². The second kappa shape index (κ2) is 8.17. The van der Waals surface area contributed by atoms with Crippen molar-refractivity contribution in [3.05, 3.63) is 18.6 Å². The number of hydrogen-bond acceptors (Lipinski definition) is 6. The monoisotopic (exact) mass is 417 g/mol. The number of likely N-dealkylation sites (tertiary alicyclic amines) is 1. The number of aliphatic hydroxyl groups is 1. The SMILES string of the molecule is CNC(=O)C1CC(O)CN1C(=O)[C@@H](n1cc(-c2cnn(C(C)C)c2)nn1)C(C)(C)C. The fraction of sp³-hybridized carbons (Fsp3) is 0.650. The highest BCUT2D eigenvalue weighted by atomic mass is 16.3. The fourth-order valence-corrected chi connectivity index (χ4v) is 3.80. The normalized spacial score (nSPS) is 20.6. The topological polar surface area (TPSA) is 118 Å². The van der Waals surface area contributed by atoms with E-state index < -0.39 is 23.6 Å². The van der Waals surface area contributed by atoms with Gasteiger partial charge in [0.2, 0.25) is 11.8 Å².